The van der Waals surface area contributed by atoms with Gasteiger partial charge in [-0.1, -0.05) is 19.9 Å². The van der Waals surface area contributed by atoms with E-state index in [-0.39, 0.29) is 0 Å². The average molecular weight is 244 g/mol. The van der Waals surface area contributed by atoms with E-state index in [2.05, 4.69) is 42.2 Å². The van der Waals surface area contributed by atoms with Crippen LogP contribution >= 0.6 is 0 Å². The first-order chi connectivity index (χ1) is 8.52. The molecule has 1 saturated carbocycles. The Balaban J connectivity index is 1.79. The van der Waals surface area contributed by atoms with Gasteiger partial charge >= 0.3 is 0 Å². The van der Waals surface area contributed by atoms with Crippen molar-refractivity contribution in [3.05, 3.63) is 23.9 Å². The summed E-state index contributed by atoms with van der Waals surface area (Å²) in [6.07, 6.45) is 5.69. The molecule has 1 aliphatic carbocycles. The molecule has 1 N–H and O–H groups in total. The zero-order chi connectivity index (χ0) is 12.8. The van der Waals surface area contributed by atoms with Crippen molar-refractivity contribution >= 4 is 11.6 Å². The number of hydrogen-bond acceptors (Lipinski definition) is 3. The van der Waals surface area contributed by atoms with E-state index >= 15 is 0 Å². The smallest absolute Gasteiger partial charge is 0.243 e. The van der Waals surface area contributed by atoms with Gasteiger partial charge in [-0.2, -0.15) is 4.98 Å². The number of fused-ring (bicyclic) bond motifs is 1. The van der Waals surface area contributed by atoms with Crippen molar-refractivity contribution < 1.29 is 0 Å². The summed E-state index contributed by atoms with van der Waals surface area (Å²) in [5.41, 5.74) is 2.55. The molecule has 1 aliphatic rings. The molecule has 0 saturated heterocycles. The van der Waals surface area contributed by atoms with Crippen LogP contribution in [0.2, 0.25) is 0 Å². The van der Waals surface area contributed by atoms with Gasteiger partial charge in [-0.3, -0.25) is 0 Å². The molecular weight excluding hydrogens is 224 g/mol. The summed E-state index contributed by atoms with van der Waals surface area (Å²) in [6.45, 7) is 6.72. The lowest BCUT2D eigenvalue weighted by Crippen LogP contribution is -2.18. The van der Waals surface area contributed by atoms with E-state index in [4.69, 9.17) is 0 Å². The monoisotopic (exact) mass is 244 g/mol. The molecule has 3 rings (SSSR count). The molecule has 0 aromatic carbocycles. The Morgan fingerprint density at radius 1 is 1.39 bits per heavy atom. The van der Waals surface area contributed by atoms with Gasteiger partial charge in [0, 0.05) is 12.2 Å². The molecule has 1 unspecified atom stereocenters. The van der Waals surface area contributed by atoms with Gasteiger partial charge in [0.1, 0.15) is 0 Å². The van der Waals surface area contributed by atoms with E-state index < -0.39 is 0 Å². The topological polar surface area (TPSA) is 42.2 Å². The maximum absolute atomic E-state index is 4.51. The third-order valence-electron chi connectivity index (χ3n) is 3.78. The first-order valence-electron chi connectivity index (χ1n) is 6.61. The molecule has 2 aromatic heterocycles. The highest BCUT2D eigenvalue weighted by Crippen LogP contribution is 2.37. The van der Waals surface area contributed by atoms with Gasteiger partial charge in [-0.05, 0) is 43.2 Å². The lowest BCUT2D eigenvalue weighted by molar-refractivity contribution is 0.378. The van der Waals surface area contributed by atoms with Crippen LogP contribution in [0.3, 0.4) is 0 Å². The molecule has 4 nitrogen and oxygen atoms in total. The Morgan fingerprint density at radius 2 is 2.22 bits per heavy atom. The maximum Gasteiger partial charge on any atom is 0.243 e. The first kappa shape index (κ1) is 11.5. The molecule has 0 amide bonds. The summed E-state index contributed by atoms with van der Waals surface area (Å²) < 4.78 is 1.85. The summed E-state index contributed by atoms with van der Waals surface area (Å²) in [5.74, 6) is 0.753. The number of aromatic nitrogens is 3. The van der Waals surface area contributed by atoms with Crippen molar-refractivity contribution in [1.82, 2.24) is 14.6 Å². The van der Waals surface area contributed by atoms with E-state index in [0.717, 1.165) is 11.6 Å². The number of aryl methyl sites for hydroxylation is 1. The van der Waals surface area contributed by atoms with Crippen LogP contribution in [-0.2, 0) is 0 Å². The van der Waals surface area contributed by atoms with Crippen molar-refractivity contribution in [3.8, 4) is 0 Å². The van der Waals surface area contributed by atoms with Gasteiger partial charge in [-0.25, -0.2) is 4.52 Å². The fraction of sp³-hybridized carbons (Fsp3) is 0.571. The number of rotatable bonds is 2. The molecule has 18 heavy (non-hydrogen) atoms. The van der Waals surface area contributed by atoms with Crippen LogP contribution in [0.15, 0.2) is 18.3 Å². The minimum atomic E-state index is 0.452. The highest BCUT2D eigenvalue weighted by Gasteiger charge is 2.31. The minimum absolute atomic E-state index is 0.452. The van der Waals surface area contributed by atoms with Crippen LogP contribution < -0.4 is 5.32 Å². The summed E-state index contributed by atoms with van der Waals surface area (Å²) in [4.78, 5) is 4.51. The number of hydrogen-bond donors (Lipinski definition) is 1. The van der Waals surface area contributed by atoms with Crippen molar-refractivity contribution in [2.75, 3.05) is 5.32 Å². The molecule has 0 aliphatic heterocycles. The molecular formula is C14H20N4. The largest absolute Gasteiger partial charge is 0.350 e. The maximum atomic E-state index is 4.51. The summed E-state index contributed by atoms with van der Waals surface area (Å²) in [5, 5.41) is 7.94. The zero-order valence-corrected chi connectivity index (χ0v) is 11.3. The third-order valence-corrected chi connectivity index (χ3v) is 3.78. The van der Waals surface area contributed by atoms with Crippen LogP contribution in [0.4, 0.5) is 5.95 Å². The van der Waals surface area contributed by atoms with Gasteiger partial charge in [0.05, 0.1) is 0 Å². The highest BCUT2D eigenvalue weighted by molar-refractivity contribution is 5.44. The number of nitrogens with one attached hydrogen (secondary N) is 1. The minimum Gasteiger partial charge on any atom is -0.350 e. The molecule has 0 spiro atoms. The Labute approximate surface area is 107 Å². The lowest BCUT2D eigenvalue weighted by atomic mass is 9.92. The van der Waals surface area contributed by atoms with E-state index in [0.29, 0.717) is 11.5 Å². The summed E-state index contributed by atoms with van der Waals surface area (Å²) in [7, 11) is 0. The van der Waals surface area contributed by atoms with Gasteiger partial charge in [-0.15, -0.1) is 5.10 Å². The van der Waals surface area contributed by atoms with Crippen molar-refractivity contribution in [2.45, 2.75) is 46.1 Å². The molecule has 2 aromatic rings. The summed E-state index contributed by atoms with van der Waals surface area (Å²) >= 11 is 0. The Hall–Kier alpha value is -1.58. The first-order valence-corrected chi connectivity index (χ1v) is 6.61. The second-order valence-electron chi connectivity index (χ2n) is 6.19. The number of pyridine rings is 1. The molecule has 1 atom stereocenters. The molecule has 0 radical (unpaired) electrons. The van der Waals surface area contributed by atoms with Gasteiger partial charge in [0.2, 0.25) is 5.95 Å². The second-order valence-corrected chi connectivity index (χ2v) is 6.19. The quantitative estimate of drug-likeness (QED) is 0.883. The molecule has 0 bridgehead atoms. The molecule has 96 valence electrons. The highest BCUT2D eigenvalue weighted by atomic mass is 15.3. The van der Waals surface area contributed by atoms with Gasteiger partial charge in [0.25, 0.3) is 0 Å². The van der Waals surface area contributed by atoms with Crippen LogP contribution in [0.5, 0.6) is 0 Å². The van der Waals surface area contributed by atoms with Crippen LogP contribution in [0, 0.1) is 12.3 Å². The van der Waals surface area contributed by atoms with E-state index in [9.17, 15) is 0 Å². The number of nitrogens with zero attached hydrogens (tertiary/aromatic N) is 3. The molecule has 4 heteroatoms. The number of anilines is 1. The molecule has 1 fully saturated rings. The van der Waals surface area contributed by atoms with E-state index in [1.54, 1.807) is 0 Å². The Morgan fingerprint density at radius 3 is 2.94 bits per heavy atom. The summed E-state index contributed by atoms with van der Waals surface area (Å²) in [6, 6.07) is 4.58. The van der Waals surface area contributed by atoms with Crippen molar-refractivity contribution in [1.29, 1.82) is 0 Å². The predicted octanol–water partition coefficient (Wildman–Crippen LogP) is 3.03. The van der Waals surface area contributed by atoms with Gasteiger partial charge < -0.3 is 5.32 Å². The van der Waals surface area contributed by atoms with Crippen LogP contribution in [0.1, 0.15) is 38.7 Å². The SMILES string of the molecule is Cc1ccc2nc(NC3CCC(C)(C)C3)nn2c1. The van der Waals surface area contributed by atoms with Crippen LogP contribution in [-0.4, -0.2) is 20.6 Å². The lowest BCUT2D eigenvalue weighted by Gasteiger charge is -2.17. The normalized spacial score (nSPS) is 22.5. The predicted molar refractivity (Wildman–Crippen MR) is 72.8 cm³/mol. The van der Waals surface area contributed by atoms with Gasteiger partial charge in [0.15, 0.2) is 5.65 Å². The van der Waals surface area contributed by atoms with Crippen molar-refractivity contribution in [2.24, 2.45) is 5.41 Å². The fourth-order valence-corrected chi connectivity index (χ4v) is 2.79. The van der Waals surface area contributed by atoms with Crippen molar-refractivity contribution in [3.63, 3.8) is 0 Å². The second kappa shape index (κ2) is 3.97. The molecule has 2 heterocycles. The Bertz CT molecular complexity index is 570. The third kappa shape index (κ3) is 2.19. The van der Waals surface area contributed by atoms with Crippen LogP contribution in [0.25, 0.3) is 5.65 Å². The fourth-order valence-electron chi connectivity index (χ4n) is 2.79. The van der Waals surface area contributed by atoms with E-state index in [1.807, 2.05) is 16.8 Å². The zero-order valence-electron chi connectivity index (χ0n) is 11.3. The standard InChI is InChI=1S/C14H20N4/c1-10-4-5-12-16-13(17-18(12)9-10)15-11-6-7-14(2,3)8-11/h4-5,9,11H,6-8H2,1-3H3,(H,15,17). The average Bonchev–Trinajstić information content (AvgIpc) is 2.81. The Kier molecular flexibility index (Phi) is 2.54. The van der Waals surface area contributed by atoms with E-state index in [1.165, 1.54) is 24.8 Å².